The number of halogens is 1. The number of nitrogens with zero attached hydrogens (tertiary/aromatic N) is 4. The number of imidazole rings is 1. The third-order valence-corrected chi connectivity index (χ3v) is 7.44. The first-order valence-corrected chi connectivity index (χ1v) is 13.2. The number of amides is 1. The van der Waals surface area contributed by atoms with Gasteiger partial charge in [-0.15, -0.1) is 11.3 Å². The van der Waals surface area contributed by atoms with Crippen LogP contribution in [0.2, 0.25) is 0 Å². The normalized spacial score (nSPS) is 11.0. The van der Waals surface area contributed by atoms with Crippen molar-refractivity contribution in [2.45, 2.75) is 0 Å². The molecule has 0 atom stereocenters. The molecule has 0 unspecified atom stereocenters. The van der Waals surface area contributed by atoms with Crippen molar-refractivity contribution in [3.63, 3.8) is 0 Å². The summed E-state index contributed by atoms with van der Waals surface area (Å²) in [6.45, 7) is 0. The second-order valence-electron chi connectivity index (χ2n) is 9.03. The van der Waals surface area contributed by atoms with Gasteiger partial charge in [-0.3, -0.25) is 19.1 Å². The van der Waals surface area contributed by atoms with Crippen LogP contribution in [0.5, 0.6) is 17.2 Å². The SMILES string of the molecule is COc1ccn(-c2ccccc2)c(=O)c1C(=O)Nc1ccc(Oc2ccnc3cc(-c4cn(C)cn4)sc23)c(F)c1. The predicted molar refractivity (Wildman–Crippen MR) is 155 cm³/mol. The Labute approximate surface area is 237 Å². The monoisotopic (exact) mass is 567 g/mol. The lowest BCUT2D eigenvalue weighted by Crippen LogP contribution is -2.28. The molecule has 0 aliphatic heterocycles. The molecule has 6 rings (SSSR count). The zero-order chi connectivity index (χ0) is 28.5. The van der Waals surface area contributed by atoms with Gasteiger partial charge in [0.25, 0.3) is 11.5 Å². The molecule has 0 aliphatic rings. The Bertz CT molecular complexity index is 1970. The van der Waals surface area contributed by atoms with E-state index in [4.69, 9.17) is 9.47 Å². The number of fused-ring (bicyclic) bond motifs is 1. The number of aromatic nitrogens is 4. The molecule has 0 bridgehead atoms. The van der Waals surface area contributed by atoms with Gasteiger partial charge in [0.05, 0.1) is 34.2 Å². The van der Waals surface area contributed by atoms with Crippen LogP contribution in [0.1, 0.15) is 10.4 Å². The molecule has 4 aromatic heterocycles. The summed E-state index contributed by atoms with van der Waals surface area (Å²) in [4.78, 5) is 36.1. The molecule has 4 heterocycles. The fourth-order valence-electron chi connectivity index (χ4n) is 4.33. The first kappa shape index (κ1) is 26.0. The van der Waals surface area contributed by atoms with Gasteiger partial charge in [0.15, 0.2) is 11.6 Å². The Balaban J connectivity index is 1.26. The topological polar surface area (TPSA) is 100 Å². The standard InChI is InChI=1S/C30H22FN5O4S/c1-35-16-22(33-17-35)26-15-21-28(41-26)25(10-12-32-21)40-23-9-8-18(14-20(23)31)34-29(37)27-24(39-2)11-13-36(30(27)38)19-6-4-3-5-7-19/h3-17H,1-2H3,(H,34,37). The molecule has 9 nitrogen and oxygen atoms in total. The summed E-state index contributed by atoms with van der Waals surface area (Å²) in [7, 11) is 3.26. The second-order valence-corrected chi connectivity index (χ2v) is 10.1. The number of anilines is 1. The van der Waals surface area contributed by atoms with Crippen LogP contribution in [0.4, 0.5) is 10.1 Å². The van der Waals surface area contributed by atoms with Crippen LogP contribution in [0.3, 0.4) is 0 Å². The third kappa shape index (κ3) is 5.06. The number of para-hydroxylation sites is 1. The third-order valence-electron chi connectivity index (χ3n) is 6.28. The molecule has 0 fully saturated rings. The molecule has 41 heavy (non-hydrogen) atoms. The fraction of sp³-hybridized carbons (Fsp3) is 0.0667. The number of nitrogens with one attached hydrogen (secondary N) is 1. The number of methoxy groups -OCH3 is 1. The van der Waals surface area contributed by atoms with Gasteiger partial charge in [0, 0.05) is 49.1 Å². The van der Waals surface area contributed by atoms with E-state index in [-0.39, 0.29) is 22.7 Å². The van der Waals surface area contributed by atoms with E-state index >= 15 is 4.39 Å². The molecule has 0 saturated carbocycles. The van der Waals surface area contributed by atoms with Gasteiger partial charge in [-0.05, 0) is 36.4 Å². The van der Waals surface area contributed by atoms with Gasteiger partial charge in [0.1, 0.15) is 17.1 Å². The zero-order valence-corrected chi connectivity index (χ0v) is 22.7. The van der Waals surface area contributed by atoms with E-state index < -0.39 is 17.3 Å². The average Bonchev–Trinajstić information content (AvgIpc) is 3.61. The summed E-state index contributed by atoms with van der Waals surface area (Å²) in [5.41, 5.74) is 1.46. The van der Waals surface area contributed by atoms with Crippen LogP contribution in [-0.2, 0) is 7.05 Å². The van der Waals surface area contributed by atoms with Crippen molar-refractivity contribution < 1.29 is 18.7 Å². The van der Waals surface area contributed by atoms with Crippen molar-refractivity contribution in [1.29, 1.82) is 0 Å². The minimum atomic E-state index is -0.735. The number of carbonyl (C=O) groups excluding carboxylic acids is 1. The quantitative estimate of drug-likeness (QED) is 0.253. The molecule has 0 aliphatic carbocycles. The lowest BCUT2D eigenvalue weighted by atomic mass is 10.2. The van der Waals surface area contributed by atoms with Gasteiger partial charge in [0.2, 0.25) is 0 Å². The highest BCUT2D eigenvalue weighted by Crippen LogP contribution is 2.39. The van der Waals surface area contributed by atoms with E-state index in [0.717, 1.165) is 21.3 Å². The number of hydrogen-bond donors (Lipinski definition) is 1. The van der Waals surface area contributed by atoms with Crippen molar-refractivity contribution in [3.05, 3.63) is 113 Å². The van der Waals surface area contributed by atoms with Crippen molar-refractivity contribution in [2.75, 3.05) is 12.4 Å². The van der Waals surface area contributed by atoms with E-state index in [1.807, 2.05) is 29.9 Å². The number of benzene rings is 2. The van der Waals surface area contributed by atoms with Crippen LogP contribution < -0.4 is 20.3 Å². The summed E-state index contributed by atoms with van der Waals surface area (Å²) >= 11 is 1.44. The van der Waals surface area contributed by atoms with Crippen molar-refractivity contribution >= 4 is 33.1 Å². The van der Waals surface area contributed by atoms with Crippen LogP contribution in [0.25, 0.3) is 26.5 Å². The number of thiophene rings is 1. The number of rotatable bonds is 7. The van der Waals surface area contributed by atoms with Crippen molar-refractivity contribution in [3.8, 4) is 33.5 Å². The van der Waals surface area contributed by atoms with Crippen LogP contribution >= 0.6 is 11.3 Å². The Morgan fingerprint density at radius 1 is 1.00 bits per heavy atom. The predicted octanol–water partition coefficient (Wildman–Crippen LogP) is 6.04. The van der Waals surface area contributed by atoms with Crippen LogP contribution in [-0.4, -0.2) is 32.1 Å². The van der Waals surface area contributed by atoms with Gasteiger partial charge in [-0.1, -0.05) is 18.2 Å². The highest BCUT2D eigenvalue weighted by molar-refractivity contribution is 7.22. The highest BCUT2D eigenvalue weighted by atomic mass is 32.1. The van der Waals surface area contributed by atoms with Crippen molar-refractivity contribution in [2.24, 2.45) is 7.05 Å². The summed E-state index contributed by atoms with van der Waals surface area (Å²) < 4.78 is 30.3. The molecule has 0 radical (unpaired) electrons. The van der Waals surface area contributed by atoms with Gasteiger partial charge in [-0.25, -0.2) is 9.37 Å². The first-order valence-electron chi connectivity index (χ1n) is 12.4. The van der Waals surface area contributed by atoms with Gasteiger partial charge < -0.3 is 19.4 Å². The highest BCUT2D eigenvalue weighted by Gasteiger charge is 2.21. The van der Waals surface area contributed by atoms with E-state index in [1.54, 1.807) is 42.9 Å². The molecule has 0 spiro atoms. The minimum absolute atomic E-state index is 0.0352. The second kappa shape index (κ2) is 10.7. The lowest BCUT2D eigenvalue weighted by molar-refractivity contribution is 0.102. The van der Waals surface area contributed by atoms with E-state index in [9.17, 15) is 9.59 Å². The Morgan fingerprint density at radius 2 is 1.83 bits per heavy atom. The summed E-state index contributed by atoms with van der Waals surface area (Å²) in [5.74, 6) is -0.930. The maximum atomic E-state index is 15.2. The lowest BCUT2D eigenvalue weighted by Gasteiger charge is -2.13. The minimum Gasteiger partial charge on any atom is -0.496 e. The molecule has 204 valence electrons. The van der Waals surface area contributed by atoms with E-state index in [1.165, 1.54) is 47.4 Å². The Kier molecular flexibility index (Phi) is 6.78. The molecular weight excluding hydrogens is 545 g/mol. The number of ether oxygens (including phenoxy) is 2. The fourth-order valence-corrected chi connectivity index (χ4v) is 5.35. The average molecular weight is 568 g/mol. The molecule has 6 aromatic rings. The Hall–Kier alpha value is -5.29. The summed E-state index contributed by atoms with van der Waals surface area (Å²) in [6, 6.07) is 18.0. The maximum absolute atomic E-state index is 15.2. The molecule has 0 saturated heterocycles. The summed E-state index contributed by atoms with van der Waals surface area (Å²) in [5, 5.41) is 2.59. The molecular formula is C30H22FN5O4S. The van der Waals surface area contributed by atoms with E-state index in [2.05, 4.69) is 15.3 Å². The number of carbonyl (C=O) groups is 1. The largest absolute Gasteiger partial charge is 0.496 e. The van der Waals surface area contributed by atoms with Gasteiger partial charge in [-0.2, -0.15) is 0 Å². The number of aryl methyl sites for hydroxylation is 1. The smallest absolute Gasteiger partial charge is 0.271 e. The first-order chi connectivity index (χ1) is 19.9. The number of pyridine rings is 2. The van der Waals surface area contributed by atoms with Gasteiger partial charge >= 0.3 is 0 Å². The number of hydrogen-bond acceptors (Lipinski definition) is 7. The Morgan fingerprint density at radius 3 is 2.56 bits per heavy atom. The van der Waals surface area contributed by atoms with Crippen LogP contribution in [0.15, 0.2) is 96.4 Å². The molecule has 11 heteroatoms. The molecule has 1 N–H and O–H groups in total. The van der Waals surface area contributed by atoms with E-state index in [0.29, 0.717) is 17.0 Å². The molecule has 1 amide bonds. The molecule has 2 aromatic carbocycles. The zero-order valence-electron chi connectivity index (χ0n) is 21.9. The van der Waals surface area contributed by atoms with Crippen molar-refractivity contribution in [1.82, 2.24) is 19.1 Å². The van der Waals surface area contributed by atoms with Crippen LogP contribution in [0, 0.1) is 5.82 Å². The maximum Gasteiger partial charge on any atom is 0.271 e. The summed E-state index contributed by atoms with van der Waals surface area (Å²) in [6.07, 6.45) is 6.74.